The standard InChI is InChI=1S/C25H24ClN5O4S/c1-16-13-25(2,3)31(15-16)23-20(6-5-9-28-23)24(32)30-36(33,34)22-8-4-7-21(29-22)35-19-11-17(14-27)10-18(26)12-19/h4-12,16H,13,15H2,1-3H3,(H,30,32). The van der Waals surface area contributed by atoms with Crippen LogP contribution in [0.15, 0.2) is 59.8 Å². The molecule has 1 fully saturated rings. The largest absolute Gasteiger partial charge is 0.439 e. The lowest BCUT2D eigenvalue weighted by atomic mass is 9.97. The maximum atomic E-state index is 13.1. The number of sulfonamides is 1. The molecule has 186 valence electrons. The van der Waals surface area contributed by atoms with Gasteiger partial charge in [0.15, 0.2) is 5.03 Å². The van der Waals surface area contributed by atoms with E-state index in [9.17, 15) is 13.2 Å². The van der Waals surface area contributed by atoms with Crippen molar-refractivity contribution in [3.05, 3.63) is 70.9 Å². The Hall–Kier alpha value is -3.68. The molecule has 9 nitrogen and oxygen atoms in total. The van der Waals surface area contributed by atoms with Gasteiger partial charge in [-0.05, 0) is 62.6 Å². The Kier molecular flexibility index (Phi) is 6.89. The van der Waals surface area contributed by atoms with E-state index in [1.807, 2.05) is 11.0 Å². The van der Waals surface area contributed by atoms with Crippen molar-refractivity contribution in [2.45, 2.75) is 37.8 Å². The highest BCUT2D eigenvalue weighted by atomic mass is 35.5. The fraction of sp³-hybridized carbons (Fsp3) is 0.280. The summed E-state index contributed by atoms with van der Waals surface area (Å²) < 4.78 is 33.8. The zero-order valence-corrected chi connectivity index (χ0v) is 21.5. The number of nitrogens with zero attached hydrogens (tertiary/aromatic N) is 4. The molecule has 3 aromatic rings. The van der Waals surface area contributed by atoms with Crippen molar-refractivity contribution in [2.24, 2.45) is 5.92 Å². The van der Waals surface area contributed by atoms with E-state index in [2.05, 4.69) is 35.5 Å². The first-order valence-corrected chi connectivity index (χ1v) is 13.0. The Balaban J connectivity index is 1.58. The summed E-state index contributed by atoms with van der Waals surface area (Å²) in [6.07, 6.45) is 2.50. The first kappa shape index (κ1) is 25.4. The molecule has 1 unspecified atom stereocenters. The smallest absolute Gasteiger partial charge is 0.281 e. The van der Waals surface area contributed by atoms with Gasteiger partial charge in [0.1, 0.15) is 11.6 Å². The molecule has 3 heterocycles. The average Bonchev–Trinajstić information content (AvgIpc) is 3.10. The first-order chi connectivity index (χ1) is 17.0. The van der Waals surface area contributed by atoms with E-state index in [0.29, 0.717) is 18.3 Å². The first-order valence-electron chi connectivity index (χ1n) is 11.1. The summed E-state index contributed by atoms with van der Waals surface area (Å²) in [6.45, 7) is 6.96. The SMILES string of the molecule is CC1CN(c2ncccc2C(=O)NS(=O)(=O)c2cccc(Oc3cc(Cl)cc(C#N)c3)n2)C(C)(C)C1. The Bertz CT molecular complexity index is 1470. The predicted octanol–water partition coefficient (Wildman–Crippen LogP) is 4.54. The van der Waals surface area contributed by atoms with Crippen molar-refractivity contribution in [3.8, 4) is 17.7 Å². The van der Waals surface area contributed by atoms with E-state index in [1.165, 1.54) is 36.4 Å². The summed E-state index contributed by atoms with van der Waals surface area (Å²) >= 11 is 6.00. The third-order valence-corrected chi connectivity index (χ3v) is 7.23. The van der Waals surface area contributed by atoms with Crippen molar-refractivity contribution >= 4 is 33.3 Å². The van der Waals surface area contributed by atoms with E-state index in [0.717, 1.165) is 6.42 Å². The third kappa shape index (κ3) is 5.42. The molecule has 11 heteroatoms. The third-order valence-electron chi connectivity index (χ3n) is 5.78. The average molecular weight is 526 g/mol. The molecule has 1 aromatic carbocycles. The Labute approximate surface area is 214 Å². The van der Waals surface area contributed by atoms with Gasteiger partial charge in [-0.3, -0.25) is 4.79 Å². The second-order valence-electron chi connectivity index (χ2n) is 9.25. The zero-order chi connectivity index (χ0) is 26.1. The number of hydrogen-bond donors (Lipinski definition) is 1. The molecule has 1 atom stereocenters. The van der Waals surface area contributed by atoms with Gasteiger partial charge in [-0.25, -0.2) is 9.71 Å². The number of nitriles is 1. The quantitative estimate of drug-likeness (QED) is 0.497. The monoisotopic (exact) mass is 525 g/mol. The zero-order valence-electron chi connectivity index (χ0n) is 19.9. The van der Waals surface area contributed by atoms with Gasteiger partial charge in [0.2, 0.25) is 5.88 Å². The number of carbonyl (C=O) groups excluding carboxylic acids is 1. The van der Waals surface area contributed by atoms with Gasteiger partial charge in [-0.2, -0.15) is 18.7 Å². The number of aromatic nitrogens is 2. The highest BCUT2D eigenvalue weighted by Crippen LogP contribution is 2.37. The fourth-order valence-corrected chi connectivity index (χ4v) is 5.54. The van der Waals surface area contributed by atoms with Crippen LogP contribution in [0.25, 0.3) is 0 Å². The van der Waals surface area contributed by atoms with Gasteiger partial charge in [0.25, 0.3) is 15.9 Å². The predicted molar refractivity (Wildman–Crippen MR) is 135 cm³/mol. The topological polar surface area (TPSA) is 125 Å². The number of anilines is 1. The van der Waals surface area contributed by atoms with Crippen LogP contribution < -0.4 is 14.4 Å². The van der Waals surface area contributed by atoms with E-state index >= 15 is 0 Å². The molecule has 2 aromatic heterocycles. The van der Waals surface area contributed by atoms with E-state index in [-0.39, 0.29) is 33.3 Å². The summed E-state index contributed by atoms with van der Waals surface area (Å²) in [7, 11) is -4.34. The lowest BCUT2D eigenvalue weighted by molar-refractivity contribution is 0.0981. The second-order valence-corrected chi connectivity index (χ2v) is 11.3. The number of benzene rings is 1. The summed E-state index contributed by atoms with van der Waals surface area (Å²) in [4.78, 5) is 23.6. The van der Waals surface area contributed by atoms with Gasteiger partial charge < -0.3 is 9.64 Å². The van der Waals surface area contributed by atoms with Crippen molar-refractivity contribution in [3.63, 3.8) is 0 Å². The van der Waals surface area contributed by atoms with Crippen LogP contribution in [0.5, 0.6) is 11.6 Å². The maximum Gasteiger partial charge on any atom is 0.281 e. The van der Waals surface area contributed by atoms with Crippen molar-refractivity contribution in [1.29, 1.82) is 5.26 Å². The highest BCUT2D eigenvalue weighted by Gasteiger charge is 2.39. The lowest BCUT2D eigenvalue weighted by Crippen LogP contribution is -2.41. The van der Waals surface area contributed by atoms with Crippen LogP contribution in [0.2, 0.25) is 5.02 Å². The molecule has 1 amide bonds. The Morgan fingerprint density at radius 3 is 2.72 bits per heavy atom. The van der Waals surface area contributed by atoms with Crippen LogP contribution >= 0.6 is 11.6 Å². The molecule has 1 N–H and O–H groups in total. The maximum absolute atomic E-state index is 13.1. The highest BCUT2D eigenvalue weighted by molar-refractivity contribution is 7.90. The minimum absolute atomic E-state index is 0.0497. The van der Waals surface area contributed by atoms with Gasteiger partial charge in [-0.15, -0.1) is 0 Å². The van der Waals surface area contributed by atoms with Crippen LogP contribution in [0.4, 0.5) is 5.82 Å². The number of ether oxygens (including phenoxy) is 1. The lowest BCUT2D eigenvalue weighted by Gasteiger charge is -2.33. The summed E-state index contributed by atoms with van der Waals surface area (Å²) in [5.74, 6) is 0.185. The molecule has 1 saturated heterocycles. The molecular weight excluding hydrogens is 502 g/mol. The van der Waals surface area contributed by atoms with E-state index < -0.39 is 21.0 Å². The Morgan fingerprint density at radius 2 is 2.03 bits per heavy atom. The molecule has 1 aliphatic heterocycles. The molecule has 0 bridgehead atoms. The summed E-state index contributed by atoms with van der Waals surface area (Å²) in [5, 5.41) is 8.98. The number of rotatable bonds is 6. The molecule has 36 heavy (non-hydrogen) atoms. The van der Waals surface area contributed by atoms with Crippen LogP contribution in [-0.2, 0) is 10.0 Å². The molecule has 4 rings (SSSR count). The second kappa shape index (κ2) is 9.76. The fourth-order valence-electron chi connectivity index (χ4n) is 4.39. The normalized spacial score (nSPS) is 16.9. The van der Waals surface area contributed by atoms with Crippen LogP contribution in [0.1, 0.15) is 43.1 Å². The van der Waals surface area contributed by atoms with Gasteiger partial charge in [-0.1, -0.05) is 24.6 Å². The van der Waals surface area contributed by atoms with Crippen LogP contribution in [-0.4, -0.2) is 36.4 Å². The summed E-state index contributed by atoms with van der Waals surface area (Å²) in [6, 6.07) is 13.6. The number of nitrogens with one attached hydrogen (secondary N) is 1. The van der Waals surface area contributed by atoms with Crippen molar-refractivity contribution < 1.29 is 17.9 Å². The molecule has 0 spiro atoms. The number of hydrogen-bond acceptors (Lipinski definition) is 8. The molecule has 0 aliphatic carbocycles. The number of amides is 1. The van der Waals surface area contributed by atoms with E-state index in [1.54, 1.807) is 18.3 Å². The number of halogens is 1. The number of carbonyl (C=O) groups is 1. The van der Waals surface area contributed by atoms with Gasteiger partial charge in [0.05, 0.1) is 17.2 Å². The van der Waals surface area contributed by atoms with Crippen molar-refractivity contribution in [2.75, 3.05) is 11.4 Å². The van der Waals surface area contributed by atoms with Gasteiger partial charge >= 0.3 is 0 Å². The Morgan fingerprint density at radius 1 is 1.25 bits per heavy atom. The molecule has 0 radical (unpaired) electrons. The van der Waals surface area contributed by atoms with Gasteiger partial charge in [0, 0.05) is 29.4 Å². The number of pyridine rings is 2. The van der Waals surface area contributed by atoms with E-state index in [4.69, 9.17) is 21.6 Å². The van der Waals surface area contributed by atoms with Crippen molar-refractivity contribution in [1.82, 2.24) is 14.7 Å². The summed E-state index contributed by atoms with van der Waals surface area (Å²) in [5.41, 5.74) is 0.190. The van der Waals surface area contributed by atoms with Crippen LogP contribution in [0, 0.1) is 17.2 Å². The molecular formula is C25H24ClN5O4S. The van der Waals surface area contributed by atoms with Crippen LogP contribution in [0.3, 0.4) is 0 Å². The minimum atomic E-state index is -4.34. The molecule has 1 aliphatic rings. The molecule has 0 saturated carbocycles. The minimum Gasteiger partial charge on any atom is -0.439 e.